The Labute approximate surface area is 98.9 Å². The summed E-state index contributed by atoms with van der Waals surface area (Å²) in [4.78, 5) is 11.6. The number of hydrogen-bond acceptors (Lipinski definition) is 4. The highest BCUT2D eigenvalue weighted by Crippen LogP contribution is 2.43. The van der Waals surface area contributed by atoms with Crippen LogP contribution in [0.15, 0.2) is 12.1 Å². The van der Waals surface area contributed by atoms with E-state index < -0.39 is 0 Å². The Morgan fingerprint density at radius 1 is 1.35 bits per heavy atom. The number of nitrogens with one attached hydrogen (secondary N) is 1. The third kappa shape index (κ3) is 1.72. The first kappa shape index (κ1) is 10.4. The second-order valence-electron chi connectivity index (χ2n) is 4.32. The van der Waals surface area contributed by atoms with Gasteiger partial charge in [0.25, 0.3) is 0 Å². The van der Waals surface area contributed by atoms with Crippen LogP contribution in [0.25, 0.3) is 0 Å². The van der Waals surface area contributed by atoms with Gasteiger partial charge in [0.05, 0.1) is 0 Å². The van der Waals surface area contributed by atoms with E-state index in [1.165, 1.54) is 0 Å². The minimum absolute atomic E-state index is 0.0369. The van der Waals surface area contributed by atoms with Crippen molar-refractivity contribution in [2.45, 2.75) is 18.8 Å². The second kappa shape index (κ2) is 3.92. The summed E-state index contributed by atoms with van der Waals surface area (Å²) in [5.41, 5.74) is 7.51. The normalized spacial score (nSPS) is 21.0. The fourth-order valence-corrected chi connectivity index (χ4v) is 2.40. The van der Waals surface area contributed by atoms with Crippen molar-refractivity contribution in [3.05, 3.63) is 17.7 Å². The van der Waals surface area contributed by atoms with Crippen LogP contribution in [0.2, 0.25) is 0 Å². The van der Waals surface area contributed by atoms with Gasteiger partial charge in [0, 0.05) is 18.2 Å². The number of ether oxygens (including phenoxy) is 2. The summed E-state index contributed by atoms with van der Waals surface area (Å²) in [5, 5.41) is 2.86. The quantitative estimate of drug-likeness (QED) is 0.806. The lowest BCUT2D eigenvalue weighted by Gasteiger charge is -2.25. The van der Waals surface area contributed by atoms with Gasteiger partial charge in [-0.05, 0) is 30.5 Å². The summed E-state index contributed by atoms with van der Waals surface area (Å²) in [6.07, 6.45) is 1.30. The molecule has 0 aliphatic carbocycles. The summed E-state index contributed by atoms with van der Waals surface area (Å²) in [6, 6.07) is 3.79. The number of hydrogen-bond donors (Lipinski definition) is 2. The van der Waals surface area contributed by atoms with Gasteiger partial charge in [0.15, 0.2) is 11.5 Å². The number of nitrogens with two attached hydrogens (primary N) is 1. The maximum Gasteiger partial charge on any atom is 0.231 e. The Morgan fingerprint density at radius 3 is 2.88 bits per heavy atom. The molecule has 0 spiro atoms. The second-order valence-corrected chi connectivity index (χ2v) is 4.32. The molecule has 2 heterocycles. The number of carbonyl (C=O) groups excluding carboxylic acids is 1. The van der Waals surface area contributed by atoms with E-state index in [0.717, 1.165) is 23.4 Å². The van der Waals surface area contributed by atoms with E-state index >= 15 is 0 Å². The highest BCUT2D eigenvalue weighted by molar-refractivity contribution is 5.95. The fraction of sp³-hybridized carbons (Fsp3) is 0.417. The van der Waals surface area contributed by atoms with Gasteiger partial charge in [-0.3, -0.25) is 4.79 Å². The Kier molecular flexibility index (Phi) is 2.40. The zero-order chi connectivity index (χ0) is 11.8. The lowest BCUT2D eigenvalue weighted by molar-refractivity contribution is -0.116. The number of rotatable bonds is 2. The van der Waals surface area contributed by atoms with Gasteiger partial charge >= 0.3 is 0 Å². The van der Waals surface area contributed by atoms with Crippen molar-refractivity contribution in [2.24, 2.45) is 5.73 Å². The summed E-state index contributed by atoms with van der Waals surface area (Å²) in [5.74, 6) is 1.66. The lowest BCUT2D eigenvalue weighted by Crippen LogP contribution is -2.24. The van der Waals surface area contributed by atoms with Crippen molar-refractivity contribution in [2.75, 3.05) is 18.7 Å². The molecule has 1 aromatic carbocycles. The highest BCUT2D eigenvalue weighted by atomic mass is 16.7. The smallest absolute Gasteiger partial charge is 0.231 e. The van der Waals surface area contributed by atoms with Crippen LogP contribution in [-0.4, -0.2) is 19.2 Å². The molecule has 90 valence electrons. The lowest BCUT2D eigenvalue weighted by atomic mass is 9.87. The van der Waals surface area contributed by atoms with Crippen LogP contribution in [0.1, 0.15) is 24.3 Å². The van der Waals surface area contributed by atoms with Gasteiger partial charge in [0.2, 0.25) is 12.7 Å². The van der Waals surface area contributed by atoms with Crippen LogP contribution in [0.4, 0.5) is 5.69 Å². The predicted molar refractivity (Wildman–Crippen MR) is 62.2 cm³/mol. The van der Waals surface area contributed by atoms with Crippen LogP contribution in [-0.2, 0) is 4.79 Å². The van der Waals surface area contributed by atoms with Gasteiger partial charge in [-0.15, -0.1) is 0 Å². The Bertz CT molecular complexity index is 473. The van der Waals surface area contributed by atoms with Crippen LogP contribution in [0, 0.1) is 0 Å². The van der Waals surface area contributed by atoms with Crippen LogP contribution in [0.3, 0.4) is 0 Å². The molecule has 0 aromatic heterocycles. The van der Waals surface area contributed by atoms with E-state index in [9.17, 15) is 4.79 Å². The van der Waals surface area contributed by atoms with Crippen LogP contribution >= 0.6 is 0 Å². The number of fused-ring (bicyclic) bond motifs is 2. The molecule has 0 saturated heterocycles. The van der Waals surface area contributed by atoms with Gasteiger partial charge in [-0.2, -0.15) is 0 Å². The highest BCUT2D eigenvalue weighted by Gasteiger charge is 2.28. The van der Waals surface area contributed by atoms with Gasteiger partial charge in [0.1, 0.15) is 0 Å². The monoisotopic (exact) mass is 234 g/mol. The summed E-state index contributed by atoms with van der Waals surface area (Å²) >= 11 is 0. The molecule has 5 heteroatoms. The Balaban J connectivity index is 2.03. The molecule has 1 aromatic rings. The molecule has 2 aliphatic rings. The van der Waals surface area contributed by atoms with E-state index in [2.05, 4.69) is 5.32 Å². The van der Waals surface area contributed by atoms with Crippen molar-refractivity contribution in [1.29, 1.82) is 0 Å². The predicted octanol–water partition coefficient (Wildman–Crippen LogP) is 1.19. The number of carbonyl (C=O) groups is 1. The maximum atomic E-state index is 11.6. The number of amides is 1. The first-order valence-corrected chi connectivity index (χ1v) is 5.71. The average Bonchev–Trinajstić information content (AvgIpc) is 2.73. The van der Waals surface area contributed by atoms with Crippen LogP contribution < -0.4 is 20.5 Å². The molecule has 0 saturated carbocycles. The molecule has 0 radical (unpaired) electrons. The zero-order valence-corrected chi connectivity index (χ0v) is 9.36. The Morgan fingerprint density at radius 2 is 2.12 bits per heavy atom. The zero-order valence-electron chi connectivity index (χ0n) is 9.36. The topological polar surface area (TPSA) is 73.6 Å². The average molecular weight is 234 g/mol. The summed E-state index contributed by atoms with van der Waals surface area (Å²) in [7, 11) is 0. The first-order valence-electron chi connectivity index (χ1n) is 5.71. The number of benzene rings is 1. The molecule has 0 bridgehead atoms. The molecule has 3 rings (SSSR count). The summed E-state index contributed by atoms with van der Waals surface area (Å²) < 4.78 is 10.6. The SMILES string of the molecule is NCCC1CC(=O)Nc2cc3c(cc21)OCO3. The van der Waals surface area contributed by atoms with Crippen molar-refractivity contribution in [3.63, 3.8) is 0 Å². The van der Waals surface area contributed by atoms with Gasteiger partial charge < -0.3 is 20.5 Å². The maximum absolute atomic E-state index is 11.6. The molecule has 17 heavy (non-hydrogen) atoms. The van der Waals surface area contributed by atoms with Gasteiger partial charge in [-0.25, -0.2) is 0 Å². The minimum Gasteiger partial charge on any atom is -0.454 e. The van der Waals surface area contributed by atoms with E-state index in [0.29, 0.717) is 18.7 Å². The van der Waals surface area contributed by atoms with E-state index in [1.807, 2.05) is 12.1 Å². The third-order valence-electron chi connectivity index (χ3n) is 3.21. The largest absolute Gasteiger partial charge is 0.454 e. The first-order chi connectivity index (χ1) is 8.28. The molecule has 1 atom stereocenters. The van der Waals surface area contributed by atoms with Crippen LogP contribution in [0.5, 0.6) is 11.5 Å². The van der Waals surface area contributed by atoms with Crippen molar-refractivity contribution in [1.82, 2.24) is 0 Å². The third-order valence-corrected chi connectivity index (χ3v) is 3.21. The molecular weight excluding hydrogens is 220 g/mol. The van der Waals surface area contributed by atoms with E-state index in [4.69, 9.17) is 15.2 Å². The summed E-state index contributed by atoms with van der Waals surface area (Å²) in [6.45, 7) is 0.819. The van der Waals surface area contributed by atoms with E-state index in [-0.39, 0.29) is 18.6 Å². The molecule has 1 amide bonds. The molecule has 3 N–H and O–H groups in total. The van der Waals surface area contributed by atoms with Crippen molar-refractivity contribution in [3.8, 4) is 11.5 Å². The van der Waals surface area contributed by atoms with E-state index in [1.54, 1.807) is 0 Å². The molecule has 2 aliphatic heterocycles. The van der Waals surface area contributed by atoms with Crippen molar-refractivity contribution < 1.29 is 14.3 Å². The van der Waals surface area contributed by atoms with Gasteiger partial charge in [-0.1, -0.05) is 0 Å². The Hall–Kier alpha value is -1.75. The molecule has 5 nitrogen and oxygen atoms in total. The standard InChI is InChI=1S/C12H14N2O3/c13-2-1-7-3-12(15)14-9-5-11-10(4-8(7)9)16-6-17-11/h4-5,7H,1-3,6,13H2,(H,14,15). The minimum atomic E-state index is 0.0369. The fourth-order valence-electron chi connectivity index (χ4n) is 2.40. The number of anilines is 1. The molecule has 1 unspecified atom stereocenters. The van der Waals surface area contributed by atoms with Crippen molar-refractivity contribution >= 4 is 11.6 Å². The molecular formula is C12H14N2O3. The molecule has 0 fully saturated rings.